The number of carbonyl (C=O) groups is 2. The SMILES string of the molecule is CC1Cc2c(c3ccccc3n2C(=O)c2ccccc2)C(C)C1C(=O)O. The van der Waals surface area contributed by atoms with E-state index in [0.29, 0.717) is 12.0 Å². The van der Waals surface area contributed by atoms with E-state index in [0.717, 1.165) is 22.2 Å². The first kappa shape index (κ1) is 16.6. The molecule has 1 N–H and O–H groups in total. The molecule has 4 nitrogen and oxygen atoms in total. The molecule has 1 heterocycles. The summed E-state index contributed by atoms with van der Waals surface area (Å²) in [5, 5.41) is 10.7. The number of hydrogen-bond donors (Lipinski definition) is 1. The number of carboxylic acid groups (broad SMARTS) is 1. The molecule has 0 saturated heterocycles. The Hall–Kier alpha value is -2.88. The van der Waals surface area contributed by atoms with Gasteiger partial charge in [-0.2, -0.15) is 0 Å². The summed E-state index contributed by atoms with van der Waals surface area (Å²) < 4.78 is 1.80. The van der Waals surface area contributed by atoms with Crippen LogP contribution in [0.2, 0.25) is 0 Å². The maximum absolute atomic E-state index is 13.3. The molecule has 4 rings (SSSR count). The van der Waals surface area contributed by atoms with E-state index in [1.807, 2.05) is 68.4 Å². The minimum Gasteiger partial charge on any atom is -0.481 e. The molecule has 0 aliphatic heterocycles. The summed E-state index contributed by atoms with van der Waals surface area (Å²) in [6.45, 7) is 3.93. The van der Waals surface area contributed by atoms with Crippen LogP contribution in [0.5, 0.6) is 0 Å². The Labute approximate surface area is 152 Å². The molecule has 3 atom stereocenters. The number of carboxylic acids is 1. The van der Waals surface area contributed by atoms with Crippen molar-refractivity contribution in [3.63, 3.8) is 0 Å². The lowest BCUT2D eigenvalue weighted by molar-refractivity contribution is -0.144. The number of para-hydroxylation sites is 1. The molecule has 0 spiro atoms. The van der Waals surface area contributed by atoms with Crippen LogP contribution in [-0.2, 0) is 11.2 Å². The van der Waals surface area contributed by atoms with Gasteiger partial charge in [0.05, 0.1) is 11.4 Å². The maximum atomic E-state index is 13.3. The highest BCUT2D eigenvalue weighted by atomic mass is 16.4. The number of aromatic nitrogens is 1. The van der Waals surface area contributed by atoms with Gasteiger partial charge in [0.15, 0.2) is 0 Å². The number of benzene rings is 2. The van der Waals surface area contributed by atoms with Crippen molar-refractivity contribution in [3.8, 4) is 0 Å². The summed E-state index contributed by atoms with van der Waals surface area (Å²) >= 11 is 0. The topological polar surface area (TPSA) is 59.3 Å². The van der Waals surface area contributed by atoms with Gasteiger partial charge in [0.25, 0.3) is 5.91 Å². The van der Waals surface area contributed by atoms with Crippen molar-refractivity contribution in [2.45, 2.75) is 26.2 Å². The number of fused-ring (bicyclic) bond motifs is 3. The van der Waals surface area contributed by atoms with Crippen LogP contribution in [0.25, 0.3) is 10.9 Å². The highest BCUT2D eigenvalue weighted by molar-refractivity contribution is 6.04. The highest BCUT2D eigenvalue weighted by Crippen LogP contribution is 2.44. The van der Waals surface area contributed by atoms with E-state index in [4.69, 9.17) is 0 Å². The lowest BCUT2D eigenvalue weighted by atomic mass is 9.72. The smallest absolute Gasteiger partial charge is 0.307 e. The summed E-state index contributed by atoms with van der Waals surface area (Å²) in [6.07, 6.45) is 0.587. The maximum Gasteiger partial charge on any atom is 0.307 e. The van der Waals surface area contributed by atoms with Crippen LogP contribution in [0, 0.1) is 11.8 Å². The molecule has 0 fully saturated rings. The zero-order valence-corrected chi connectivity index (χ0v) is 14.8. The number of nitrogens with zero attached hydrogens (tertiary/aromatic N) is 1. The number of hydrogen-bond acceptors (Lipinski definition) is 2. The minimum absolute atomic E-state index is 0.0263. The van der Waals surface area contributed by atoms with Gasteiger partial charge >= 0.3 is 5.97 Å². The molecule has 2 aromatic carbocycles. The zero-order chi connectivity index (χ0) is 18.4. The van der Waals surface area contributed by atoms with Crippen LogP contribution < -0.4 is 0 Å². The van der Waals surface area contributed by atoms with Crippen LogP contribution >= 0.6 is 0 Å². The first-order chi connectivity index (χ1) is 12.5. The van der Waals surface area contributed by atoms with Crippen LogP contribution in [-0.4, -0.2) is 21.6 Å². The van der Waals surface area contributed by atoms with E-state index in [-0.39, 0.29) is 17.7 Å². The van der Waals surface area contributed by atoms with E-state index in [1.165, 1.54) is 0 Å². The van der Waals surface area contributed by atoms with Crippen LogP contribution in [0.15, 0.2) is 54.6 Å². The van der Waals surface area contributed by atoms with Gasteiger partial charge in [-0.25, -0.2) is 0 Å². The van der Waals surface area contributed by atoms with Gasteiger partial charge < -0.3 is 5.11 Å². The third-order valence-corrected chi connectivity index (χ3v) is 5.65. The van der Waals surface area contributed by atoms with Gasteiger partial charge in [0.1, 0.15) is 0 Å². The van der Waals surface area contributed by atoms with Gasteiger partial charge in [-0.3, -0.25) is 14.2 Å². The van der Waals surface area contributed by atoms with Crippen molar-refractivity contribution in [3.05, 3.63) is 71.4 Å². The summed E-state index contributed by atoms with van der Waals surface area (Å²) in [6, 6.07) is 17.1. The average molecular weight is 347 g/mol. The molecule has 1 aliphatic carbocycles. The van der Waals surface area contributed by atoms with Crippen molar-refractivity contribution in [1.29, 1.82) is 0 Å². The fourth-order valence-electron chi connectivity index (χ4n) is 4.53. The minimum atomic E-state index is -0.762. The standard InChI is InChI=1S/C22H21NO3/c1-13-12-18-20(14(2)19(13)22(25)26)16-10-6-7-11-17(16)23(18)21(24)15-8-4-3-5-9-15/h3-11,13-14,19H,12H2,1-2H3,(H,25,26). The molecule has 132 valence electrons. The fraction of sp³-hybridized carbons (Fsp3) is 0.273. The zero-order valence-electron chi connectivity index (χ0n) is 14.8. The molecule has 0 amide bonds. The predicted octanol–water partition coefficient (Wildman–Crippen LogP) is 4.33. The molecular weight excluding hydrogens is 326 g/mol. The lowest BCUT2D eigenvalue weighted by Gasteiger charge is -2.32. The molecule has 0 bridgehead atoms. The summed E-state index contributed by atoms with van der Waals surface area (Å²) in [5.74, 6) is -1.42. The average Bonchev–Trinajstić information content (AvgIpc) is 2.95. The van der Waals surface area contributed by atoms with E-state index < -0.39 is 11.9 Å². The summed E-state index contributed by atoms with van der Waals surface area (Å²) in [5.41, 5.74) is 3.46. The van der Waals surface area contributed by atoms with Crippen LogP contribution in [0.4, 0.5) is 0 Å². The Balaban J connectivity index is 1.98. The Morgan fingerprint density at radius 2 is 1.65 bits per heavy atom. The van der Waals surface area contributed by atoms with Crippen molar-refractivity contribution >= 4 is 22.8 Å². The quantitative estimate of drug-likeness (QED) is 0.751. The largest absolute Gasteiger partial charge is 0.481 e. The van der Waals surface area contributed by atoms with Crippen molar-refractivity contribution < 1.29 is 14.7 Å². The first-order valence-electron chi connectivity index (χ1n) is 8.95. The van der Waals surface area contributed by atoms with Gasteiger partial charge in [0.2, 0.25) is 0 Å². The van der Waals surface area contributed by atoms with Crippen molar-refractivity contribution in [1.82, 2.24) is 4.57 Å². The molecule has 3 aromatic rings. The van der Waals surface area contributed by atoms with E-state index in [2.05, 4.69) is 0 Å². The lowest BCUT2D eigenvalue weighted by Crippen LogP contribution is -2.33. The number of carbonyl (C=O) groups excluding carboxylic acids is 1. The summed E-state index contributed by atoms with van der Waals surface area (Å²) in [7, 11) is 0. The van der Waals surface area contributed by atoms with E-state index in [9.17, 15) is 14.7 Å². The number of aliphatic carboxylic acids is 1. The molecule has 4 heteroatoms. The second-order valence-electron chi connectivity index (χ2n) is 7.22. The third-order valence-electron chi connectivity index (χ3n) is 5.65. The normalized spacial score (nSPS) is 22.2. The molecular formula is C22H21NO3. The molecule has 1 aliphatic rings. The molecule has 0 saturated carbocycles. The van der Waals surface area contributed by atoms with E-state index >= 15 is 0 Å². The van der Waals surface area contributed by atoms with Crippen molar-refractivity contribution in [2.24, 2.45) is 11.8 Å². The Bertz CT molecular complexity index is 1000. The molecule has 1 aromatic heterocycles. The predicted molar refractivity (Wildman–Crippen MR) is 101 cm³/mol. The Morgan fingerprint density at radius 3 is 2.35 bits per heavy atom. The third kappa shape index (κ3) is 2.37. The van der Waals surface area contributed by atoms with Crippen LogP contribution in [0.3, 0.4) is 0 Å². The van der Waals surface area contributed by atoms with Crippen LogP contribution in [0.1, 0.15) is 41.4 Å². The second kappa shape index (κ2) is 6.13. The molecule has 26 heavy (non-hydrogen) atoms. The Morgan fingerprint density at radius 1 is 1.00 bits per heavy atom. The Kier molecular flexibility index (Phi) is 3.91. The first-order valence-corrected chi connectivity index (χ1v) is 8.95. The summed E-state index contributed by atoms with van der Waals surface area (Å²) in [4.78, 5) is 25.1. The van der Waals surface area contributed by atoms with E-state index in [1.54, 1.807) is 4.57 Å². The van der Waals surface area contributed by atoms with Gasteiger partial charge in [0, 0.05) is 16.6 Å². The van der Waals surface area contributed by atoms with Gasteiger partial charge in [-0.1, -0.05) is 50.2 Å². The monoisotopic (exact) mass is 347 g/mol. The molecule has 0 radical (unpaired) electrons. The second-order valence-corrected chi connectivity index (χ2v) is 7.22. The van der Waals surface area contributed by atoms with Gasteiger partial charge in [-0.05, 0) is 42.0 Å². The fourth-order valence-corrected chi connectivity index (χ4v) is 4.53. The van der Waals surface area contributed by atoms with Crippen molar-refractivity contribution in [2.75, 3.05) is 0 Å². The highest BCUT2D eigenvalue weighted by Gasteiger charge is 2.40. The molecule has 3 unspecified atom stereocenters. The van der Waals surface area contributed by atoms with Gasteiger partial charge in [-0.15, -0.1) is 0 Å². The number of rotatable bonds is 2.